The Morgan fingerprint density at radius 2 is 1.93 bits per heavy atom. The number of halogens is 2. The molecular formula is C21H21Cl2NO2S. The first-order chi connectivity index (χ1) is 13.2. The van der Waals surface area contributed by atoms with Crippen molar-refractivity contribution < 1.29 is 9.57 Å². The summed E-state index contributed by atoms with van der Waals surface area (Å²) in [5.74, 6) is 1.72. The van der Waals surface area contributed by atoms with E-state index in [1.165, 1.54) is 10.5 Å². The zero-order chi connectivity index (χ0) is 18.9. The smallest absolute Gasteiger partial charge is 0.126 e. The average Bonchev–Trinajstić information content (AvgIpc) is 2.68. The first kappa shape index (κ1) is 20.1. The van der Waals surface area contributed by atoms with E-state index in [0.717, 1.165) is 42.0 Å². The summed E-state index contributed by atoms with van der Waals surface area (Å²) in [4.78, 5) is 6.83. The third-order valence-electron chi connectivity index (χ3n) is 4.12. The Morgan fingerprint density at radius 1 is 1.07 bits per heavy atom. The maximum atomic E-state index is 5.81. The minimum absolute atomic E-state index is 0.212. The highest BCUT2D eigenvalue weighted by molar-refractivity contribution is 7.99. The van der Waals surface area contributed by atoms with Gasteiger partial charge >= 0.3 is 0 Å². The second kappa shape index (κ2) is 10.6. The standard InChI is InChI=1S/C21H21Cl2NO2S/c22-21(23)12-13-25-20-11-5-8-17-18(20)9-4-10-19(17)24-26-14-15-27-16-6-2-1-3-7-16/h1-3,5-8,11-12H,4,9-10,13-15H2/b24-19+. The van der Waals surface area contributed by atoms with Crippen LogP contribution in [0.3, 0.4) is 0 Å². The second-order valence-corrected chi connectivity index (χ2v) is 8.15. The summed E-state index contributed by atoms with van der Waals surface area (Å²) in [5.41, 5.74) is 3.26. The maximum Gasteiger partial charge on any atom is 0.126 e. The Balaban J connectivity index is 1.58. The van der Waals surface area contributed by atoms with E-state index in [2.05, 4.69) is 23.4 Å². The van der Waals surface area contributed by atoms with Gasteiger partial charge in [0.25, 0.3) is 0 Å². The van der Waals surface area contributed by atoms with Crippen LogP contribution in [-0.4, -0.2) is 24.7 Å². The minimum Gasteiger partial charge on any atom is -0.489 e. The van der Waals surface area contributed by atoms with Crippen LogP contribution in [-0.2, 0) is 11.3 Å². The lowest BCUT2D eigenvalue weighted by Crippen LogP contribution is -2.14. The van der Waals surface area contributed by atoms with Crippen molar-refractivity contribution in [2.24, 2.45) is 5.16 Å². The van der Waals surface area contributed by atoms with E-state index in [-0.39, 0.29) is 4.49 Å². The van der Waals surface area contributed by atoms with Crippen LogP contribution in [0.25, 0.3) is 0 Å². The molecule has 3 rings (SSSR count). The lowest BCUT2D eigenvalue weighted by atomic mass is 9.89. The number of benzene rings is 2. The van der Waals surface area contributed by atoms with Crippen LogP contribution in [0.5, 0.6) is 5.75 Å². The van der Waals surface area contributed by atoms with Gasteiger partial charge in [0.05, 0.1) is 5.71 Å². The summed E-state index contributed by atoms with van der Waals surface area (Å²) in [6.07, 6.45) is 4.54. The molecule has 142 valence electrons. The summed E-state index contributed by atoms with van der Waals surface area (Å²) in [5, 5.41) is 4.40. The Bertz CT molecular complexity index is 805. The van der Waals surface area contributed by atoms with Crippen molar-refractivity contribution in [1.82, 2.24) is 0 Å². The molecule has 0 saturated carbocycles. The molecule has 3 nitrogen and oxygen atoms in total. The zero-order valence-corrected chi connectivity index (χ0v) is 17.2. The number of oxime groups is 1. The molecule has 0 aliphatic heterocycles. The molecule has 2 aromatic rings. The van der Waals surface area contributed by atoms with Crippen molar-refractivity contribution >= 4 is 40.7 Å². The van der Waals surface area contributed by atoms with Gasteiger partial charge in [-0.1, -0.05) is 58.7 Å². The number of hydrogen-bond acceptors (Lipinski definition) is 4. The second-order valence-electron chi connectivity index (χ2n) is 5.97. The summed E-state index contributed by atoms with van der Waals surface area (Å²) in [7, 11) is 0. The molecule has 1 aliphatic carbocycles. The van der Waals surface area contributed by atoms with Crippen LogP contribution in [0.2, 0.25) is 0 Å². The number of thioether (sulfide) groups is 1. The molecule has 0 atom stereocenters. The maximum absolute atomic E-state index is 5.81. The highest BCUT2D eigenvalue weighted by atomic mass is 35.5. The predicted octanol–water partition coefficient (Wildman–Crippen LogP) is 6.23. The Hall–Kier alpha value is -1.62. The van der Waals surface area contributed by atoms with E-state index >= 15 is 0 Å². The van der Waals surface area contributed by atoms with Gasteiger partial charge in [0.2, 0.25) is 0 Å². The van der Waals surface area contributed by atoms with E-state index in [4.69, 9.17) is 32.8 Å². The largest absolute Gasteiger partial charge is 0.489 e. The highest BCUT2D eigenvalue weighted by Crippen LogP contribution is 2.30. The van der Waals surface area contributed by atoms with E-state index in [0.29, 0.717) is 13.2 Å². The average molecular weight is 422 g/mol. The van der Waals surface area contributed by atoms with Gasteiger partial charge < -0.3 is 9.57 Å². The fourth-order valence-corrected chi connectivity index (χ4v) is 3.79. The number of hydrogen-bond donors (Lipinski definition) is 0. The Morgan fingerprint density at radius 3 is 2.74 bits per heavy atom. The molecule has 1 aliphatic rings. The lowest BCUT2D eigenvalue weighted by Gasteiger charge is -2.20. The molecule has 0 fully saturated rings. The number of fused-ring (bicyclic) bond motifs is 1. The molecule has 0 amide bonds. The molecule has 2 aromatic carbocycles. The van der Waals surface area contributed by atoms with Crippen LogP contribution in [0.15, 0.2) is 69.1 Å². The van der Waals surface area contributed by atoms with E-state index < -0.39 is 0 Å². The number of ether oxygens (including phenoxy) is 1. The first-order valence-corrected chi connectivity index (χ1v) is 10.6. The molecule has 0 radical (unpaired) electrons. The topological polar surface area (TPSA) is 30.8 Å². The Kier molecular flexibility index (Phi) is 7.93. The lowest BCUT2D eigenvalue weighted by molar-refractivity contribution is 0.160. The van der Waals surface area contributed by atoms with Crippen LogP contribution in [0, 0.1) is 0 Å². The van der Waals surface area contributed by atoms with Gasteiger partial charge in [-0.15, -0.1) is 11.8 Å². The van der Waals surface area contributed by atoms with Gasteiger partial charge in [0, 0.05) is 21.8 Å². The highest BCUT2D eigenvalue weighted by Gasteiger charge is 2.19. The van der Waals surface area contributed by atoms with Crippen LogP contribution in [0.1, 0.15) is 24.0 Å². The van der Waals surface area contributed by atoms with Gasteiger partial charge in [0.15, 0.2) is 0 Å². The van der Waals surface area contributed by atoms with E-state index in [1.54, 1.807) is 17.8 Å². The van der Waals surface area contributed by atoms with Crippen LogP contribution >= 0.6 is 35.0 Å². The number of nitrogens with zero attached hydrogens (tertiary/aromatic N) is 1. The third kappa shape index (κ3) is 6.20. The fraction of sp³-hybridized carbons (Fsp3) is 0.286. The van der Waals surface area contributed by atoms with Gasteiger partial charge in [-0.3, -0.25) is 0 Å². The van der Waals surface area contributed by atoms with Crippen LogP contribution < -0.4 is 4.74 Å². The molecule has 0 spiro atoms. The normalized spacial score (nSPS) is 14.5. The first-order valence-electron chi connectivity index (χ1n) is 8.87. The van der Waals surface area contributed by atoms with Crippen molar-refractivity contribution in [2.75, 3.05) is 19.0 Å². The minimum atomic E-state index is 0.212. The summed E-state index contributed by atoms with van der Waals surface area (Å²) in [6, 6.07) is 16.3. The summed E-state index contributed by atoms with van der Waals surface area (Å²) in [6.45, 7) is 0.923. The summed E-state index contributed by atoms with van der Waals surface area (Å²) < 4.78 is 6.02. The van der Waals surface area contributed by atoms with Gasteiger partial charge in [-0.05, 0) is 43.5 Å². The molecule has 0 heterocycles. The van der Waals surface area contributed by atoms with Crippen molar-refractivity contribution in [3.8, 4) is 5.75 Å². The van der Waals surface area contributed by atoms with E-state index in [9.17, 15) is 0 Å². The van der Waals surface area contributed by atoms with Crippen molar-refractivity contribution in [2.45, 2.75) is 24.2 Å². The zero-order valence-electron chi connectivity index (χ0n) is 14.9. The van der Waals surface area contributed by atoms with Gasteiger partial charge in [-0.2, -0.15) is 0 Å². The van der Waals surface area contributed by atoms with Gasteiger partial charge in [0.1, 0.15) is 23.5 Å². The number of rotatable bonds is 8. The van der Waals surface area contributed by atoms with Crippen molar-refractivity contribution in [3.05, 3.63) is 70.2 Å². The molecule has 0 bridgehead atoms. The Labute approximate surface area is 174 Å². The SMILES string of the molecule is ClC(Cl)=CCOc1cccc2c1CCC/C2=N\OCCSc1ccccc1. The molecular weight excluding hydrogens is 401 g/mol. The molecule has 6 heteroatoms. The van der Waals surface area contributed by atoms with Gasteiger partial charge in [-0.25, -0.2) is 0 Å². The monoisotopic (exact) mass is 421 g/mol. The summed E-state index contributed by atoms with van der Waals surface area (Å²) >= 11 is 13.0. The van der Waals surface area contributed by atoms with E-state index in [1.807, 2.05) is 30.3 Å². The molecule has 0 N–H and O–H groups in total. The molecule has 0 saturated heterocycles. The van der Waals surface area contributed by atoms with Crippen LogP contribution in [0.4, 0.5) is 0 Å². The molecule has 0 aromatic heterocycles. The fourth-order valence-electron chi connectivity index (χ4n) is 2.92. The molecule has 0 unspecified atom stereocenters. The van der Waals surface area contributed by atoms with Crippen molar-refractivity contribution in [1.29, 1.82) is 0 Å². The third-order valence-corrected chi connectivity index (χ3v) is 5.41. The van der Waals surface area contributed by atoms with Crippen molar-refractivity contribution in [3.63, 3.8) is 0 Å². The predicted molar refractivity (Wildman–Crippen MR) is 114 cm³/mol. The molecule has 27 heavy (non-hydrogen) atoms. The quantitative estimate of drug-likeness (QED) is 0.287.